The Morgan fingerprint density at radius 1 is 1.15 bits per heavy atom. The molecule has 0 heterocycles. The molecule has 0 aliphatic carbocycles. The number of hydrogen-bond acceptors (Lipinski definition) is 5. The molecule has 0 unspecified atom stereocenters. The van der Waals surface area contributed by atoms with Crippen LogP contribution in [0.15, 0.2) is 30.4 Å². The molecule has 6 heteroatoms. The monoisotopic (exact) mass is 280 g/mol. The minimum absolute atomic E-state index is 0.0344. The van der Waals surface area contributed by atoms with E-state index in [4.69, 9.17) is 19.3 Å². The minimum atomic E-state index is -1.13. The Balaban J connectivity index is 2.66. The predicted octanol–water partition coefficient (Wildman–Crippen LogP) is 2.03. The van der Waals surface area contributed by atoms with Crippen LogP contribution < -0.4 is 14.2 Å². The van der Waals surface area contributed by atoms with E-state index in [2.05, 4.69) is 6.58 Å². The summed E-state index contributed by atoms with van der Waals surface area (Å²) in [5, 5.41) is 8.64. The topological polar surface area (TPSA) is 82.1 Å². The van der Waals surface area contributed by atoms with Gasteiger partial charge in [0.05, 0.1) is 20.6 Å². The lowest BCUT2D eigenvalue weighted by Crippen LogP contribution is -2.10. The number of carbonyl (C=O) groups is 2. The first-order chi connectivity index (χ1) is 9.47. The Labute approximate surface area is 116 Å². The molecule has 0 spiro atoms. The smallest absolute Gasteiger partial charge is 0.330 e. The van der Waals surface area contributed by atoms with Crippen molar-refractivity contribution in [2.75, 3.05) is 14.2 Å². The summed E-state index contributed by atoms with van der Waals surface area (Å²) >= 11 is 0. The van der Waals surface area contributed by atoms with Gasteiger partial charge in [-0.05, 0) is 18.6 Å². The van der Waals surface area contributed by atoms with Gasteiger partial charge >= 0.3 is 11.9 Å². The minimum Gasteiger partial charge on any atom is -0.497 e. The van der Waals surface area contributed by atoms with Crippen LogP contribution >= 0.6 is 0 Å². The maximum absolute atomic E-state index is 11.6. The van der Waals surface area contributed by atoms with Crippen LogP contribution in [0.4, 0.5) is 0 Å². The molecule has 0 aliphatic rings. The van der Waals surface area contributed by atoms with Crippen LogP contribution in [0, 0.1) is 0 Å². The fourth-order valence-corrected chi connectivity index (χ4v) is 1.39. The first-order valence-electron chi connectivity index (χ1n) is 5.81. The van der Waals surface area contributed by atoms with Crippen molar-refractivity contribution in [3.8, 4) is 17.2 Å². The van der Waals surface area contributed by atoms with Gasteiger partial charge in [0.1, 0.15) is 5.75 Å². The van der Waals surface area contributed by atoms with Gasteiger partial charge in [-0.3, -0.25) is 4.79 Å². The molecule has 0 saturated heterocycles. The SMILES string of the molecule is C=C(CCC(=O)Oc1ccc(OC)cc1OC)C(=O)O. The molecule has 0 saturated carbocycles. The third kappa shape index (κ3) is 4.31. The van der Waals surface area contributed by atoms with Gasteiger partial charge in [0, 0.05) is 11.6 Å². The molecular weight excluding hydrogens is 264 g/mol. The van der Waals surface area contributed by atoms with E-state index in [1.807, 2.05) is 0 Å². The maximum atomic E-state index is 11.6. The van der Waals surface area contributed by atoms with Crippen LogP contribution in [0.25, 0.3) is 0 Å². The van der Waals surface area contributed by atoms with Crippen LogP contribution in [0.2, 0.25) is 0 Å². The Hall–Kier alpha value is -2.50. The molecule has 6 nitrogen and oxygen atoms in total. The molecule has 1 aromatic rings. The van der Waals surface area contributed by atoms with Gasteiger partial charge in [-0.15, -0.1) is 0 Å². The summed E-state index contributed by atoms with van der Waals surface area (Å²) in [6.45, 7) is 3.34. The Morgan fingerprint density at radius 2 is 1.85 bits per heavy atom. The summed E-state index contributed by atoms with van der Waals surface area (Å²) in [6.07, 6.45) is -0.0348. The van der Waals surface area contributed by atoms with Gasteiger partial charge in [0.25, 0.3) is 0 Å². The lowest BCUT2D eigenvalue weighted by Gasteiger charge is -2.10. The Kier molecular flexibility index (Phi) is 5.58. The van der Waals surface area contributed by atoms with Crippen molar-refractivity contribution < 1.29 is 28.9 Å². The maximum Gasteiger partial charge on any atom is 0.330 e. The van der Waals surface area contributed by atoms with Crippen molar-refractivity contribution in [1.29, 1.82) is 0 Å². The van der Waals surface area contributed by atoms with Crippen LogP contribution in [-0.4, -0.2) is 31.3 Å². The lowest BCUT2D eigenvalue weighted by molar-refractivity contribution is -0.134. The molecule has 0 aliphatic heterocycles. The van der Waals surface area contributed by atoms with Gasteiger partial charge in [0.2, 0.25) is 0 Å². The fraction of sp³-hybridized carbons (Fsp3) is 0.286. The molecule has 0 bridgehead atoms. The number of ether oxygens (including phenoxy) is 3. The summed E-state index contributed by atoms with van der Waals surface area (Å²) in [5.41, 5.74) is -0.0383. The highest BCUT2D eigenvalue weighted by atomic mass is 16.6. The van der Waals surface area contributed by atoms with Crippen molar-refractivity contribution in [2.24, 2.45) is 0 Å². The van der Waals surface area contributed by atoms with E-state index in [1.54, 1.807) is 18.2 Å². The zero-order chi connectivity index (χ0) is 15.1. The highest BCUT2D eigenvalue weighted by Crippen LogP contribution is 2.31. The van der Waals surface area contributed by atoms with Crippen LogP contribution in [0.1, 0.15) is 12.8 Å². The van der Waals surface area contributed by atoms with E-state index < -0.39 is 11.9 Å². The number of benzene rings is 1. The van der Waals surface area contributed by atoms with Gasteiger partial charge in [-0.2, -0.15) is 0 Å². The second-order valence-corrected chi connectivity index (χ2v) is 3.90. The number of methoxy groups -OCH3 is 2. The molecule has 20 heavy (non-hydrogen) atoms. The zero-order valence-electron chi connectivity index (χ0n) is 11.3. The van der Waals surface area contributed by atoms with Crippen molar-refractivity contribution in [3.05, 3.63) is 30.4 Å². The number of rotatable bonds is 7. The number of carboxylic acid groups (broad SMARTS) is 1. The molecule has 108 valence electrons. The predicted molar refractivity (Wildman–Crippen MR) is 71.2 cm³/mol. The largest absolute Gasteiger partial charge is 0.497 e. The van der Waals surface area contributed by atoms with E-state index in [0.29, 0.717) is 11.5 Å². The third-order valence-corrected chi connectivity index (χ3v) is 2.53. The standard InChI is InChI=1S/C14H16O6/c1-9(14(16)17)4-7-13(15)20-11-6-5-10(18-2)8-12(11)19-3/h5-6,8H,1,4,7H2,2-3H3,(H,16,17). The number of aliphatic carboxylic acids is 1. The van der Waals surface area contributed by atoms with Crippen LogP contribution in [0.5, 0.6) is 17.2 Å². The van der Waals surface area contributed by atoms with Gasteiger partial charge in [-0.25, -0.2) is 4.79 Å². The molecule has 1 N–H and O–H groups in total. The highest BCUT2D eigenvalue weighted by molar-refractivity contribution is 5.86. The van der Waals surface area contributed by atoms with E-state index in [0.717, 1.165) is 0 Å². The van der Waals surface area contributed by atoms with Gasteiger partial charge in [-0.1, -0.05) is 6.58 Å². The number of hydrogen-bond donors (Lipinski definition) is 1. The molecule has 0 radical (unpaired) electrons. The molecule has 0 amide bonds. The summed E-state index contributed by atoms with van der Waals surface area (Å²) in [5.74, 6) is -0.509. The van der Waals surface area contributed by atoms with E-state index in [9.17, 15) is 9.59 Å². The second-order valence-electron chi connectivity index (χ2n) is 3.90. The van der Waals surface area contributed by atoms with Crippen LogP contribution in [-0.2, 0) is 9.59 Å². The fourth-order valence-electron chi connectivity index (χ4n) is 1.39. The van der Waals surface area contributed by atoms with E-state index >= 15 is 0 Å². The first kappa shape index (κ1) is 15.6. The molecule has 0 aromatic heterocycles. The summed E-state index contributed by atoms with van der Waals surface area (Å²) in [4.78, 5) is 22.2. The Bertz CT molecular complexity index is 520. The molecule has 1 rings (SSSR count). The average Bonchev–Trinajstić information content (AvgIpc) is 2.44. The van der Waals surface area contributed by atoms with E-state index in [1.165, 1.54) is 14.2 Å². The first-order valence-corrected chi connectivity index (χ1v) is 5.81. The van der Waals surface area contributed by atoms with Crippen LogP contribution in [0.3, 0.4) is 0 Å². The van der Waals surface area contributed by atoms with E-state index in [-0.39, 0.29) is 24.2 Å². The van der Waals surface area contributed by atoms with Crippen molar-refractivity contribution >= 4 is 11.9 Å². The number of carbonyl (C=O) groups excluding carboxylic acids is 1. The number of carboxylic acids is 1. The molecule has 0 atom stereocenters. The summed E-state index contributed by atoms with van der Waals surface area (Å²) in [6, 6.07) is 4.75. The van der Waals surface area contributed by atoms with Gasteiger partial charge < -0.3 is 19.3 Å². The molecule has 0 fully saturated rings. The molecular formula is C14H16O6. The second kappa shape index (κ2) is 7.18. The van der Waals surface area contributed by atoms with Crippen molar-refractivity contribution in [1.82, 2.24) is 0 Å². The lowest BCUT2D eigenvalue weighted by atomic mass is 10.2. The van der Waals surface area contributed by atoms with Gasteiger partial charge in [0.15, 0.2) is 11.5 Å². The molecule has 1 aromatic carbocycles. The zero-order valence-corrected chi connectivity index (χ0v) is 11.3. The Morgan fingerprint density at radius 3 is 2.40 bits per heavy atom. The summed E-state index contributed by atoms with van der Waals surface area (Å²) < 4.78 is 15.2. The quantitative estimate of drug-likeness (QED) is 0.467. The average molecular weight is 280 g/mol. The summed E-state index contributed by atoms with van der Waals surface area (Å²) in [7, 11) is 2.95. The number of esters is 1. The highest BCUT2D eigenvalue weighted by Gasteiger charge is 2.13. The van der Waals surface area contributed by atoms with Crippen molar-refractivity contribution in [3.63, 3.8) is 0 Å². The third-order valence-electron chi connectivity index (χ3n) is 2.53. The normalized spacial score (nSPS) is 9.70. The van der Waals surface area contributed by atoms with Crippen molar-refractivity contribution in [2.45, 2.75) is 12.8 Å².